The molecule has 8 heteroatoms. The number of carbonyl (C=O) groups excluding carboxylic acids is 2. The monoisotopic (exact) mass is 327 g/mol. The van der Waals surface area contributed by atoms with Gasteiger partial charge < -0.3 is 9.47 Å². The van der Waals surface area contributed by atoms with Crippen molar-refractivity contribution in [1.29, 1.82) is 0 Å². The third-order valence-electron chi connectivity index (χ3n) is 2.64. The molecule has 1 heterocycles. The van der Waals surface area contributed by atoms with E-state index < -0.39 is 11.9 Å². The van der Waals surface area contributed by atoms with E-state index in [2.05, 4.69) is 4.98 Å². The summed E-state index contributed by atoms with van der Waals surface area (Å²) in [6.07, 6.45) is 6.72. The van der Waals surface area contributed by atoms with Gasteiger partial charge in [0.25, 0.3) is 0 Å². The molecule has 0 spiro atoms. The van der Waals surface area contributed by atoms with E-state index in [-0.39, 0.29) is 18.8 Å². The Hall–Kier alpha value is -1.96. The fourth-order valence-corrected chi connectivity index (χ4v) is 2.21. The Morgan fingerprint density at radius 3 is 2.32 bits per heavy atom. The van der Waals surface area contributed by atoms with Crippen LogP contribution in [0.15, 0.2) is 29.3 Å². The van der Waals surface area contributed by atoms with Crippen molar-refractivity contribution in [3.05, 3.63) is 24.2 Å². The fraction of sp³-hybridized carbons (Fsp3) is 0.500. The third-order valence-corrected chi connectivity index (χ3v) is 3.30. The lowest BCUT2D eigenvalue weighted by Crippen LogP contribution is -2.32. The number of hydrogen-bond donors (Lipinski definition) is 0. The van der Waals surface area contributed by atoms with E-state index in [0.29, 0.717) is 6.54 Å². The van der Waals surface area contributed by atoms with Crippen LogP contribution in [0.3, 0.4) is 0 Å². The molecule has 1 aromatic rings. The van der Waals surface area contributed by atoms with Crippen molar-refractivity contribution < 1.29 is 19.1 Å². The summed E-state index contributed by atoms with van der Waals surface area (Å²) < 4.78 is 11.6. The van der Waals surface area contributed by atoms with Gasteiger partial charge in [-0.2, -0.15) is 0 Å². The fourth-order valence-electron chi connectivity index (χ4n) is 1.69. The number of thioether (sulfide) groups is 1. The number of ether oxygens (including phenoxy) is 2. The molecule has 0 bridgehead atoms. The van der Waals surface area contributed by atoms with Gasteiger partial charge in [0.2, 0.25) is 0 Å². The van der Waals surface area contributed by atoms with Crippen molar-refractivity contribution in [1.82, 2.24) is 9.66 Å². The van der Waals surface area contributed by atoms with E-state index in [0.717, 1.165) is 5.16 Å². The van der Waals surface area contributed by atoms with Crippen LogP contribution in [-0.4, -0.2) is 47.6 Å². The average Bonchev–Trinajstić information content (AvgIpc) is 2.97. The normalized spacial score (nSPS) is 10.0. The van der Waals surface area contributed by atoms with Gasteiger partial charge in [-0.15, -0.1) is 0 Å². The smallest absolute Gasteiger partial charge is 0.347 e. The standard InChI is InChI=1S/C14H21N3O4S/c1-5-16(17-9-8-15-14(17)22-4)10-11(12(18)20-6-2)13(19)21-7-3/h8-10H,5-7H2,1-4H3. The van der Waals surface area contributed by atoms with Crippen LogP contribution < -0.4 is 5.01 Å². The van der Waals surface area contributed by atoms with E-state index in [1.807, 2.05) is 13.2 Å². The lowest BCUT2D eigenvalue weighted by Gasteiger charge is -2.22. The summed E-state index contributed by atoms with van der Waals surface area (Å²) in [5.74, 6) is -1.41. The average molecular weight is 327 g/mol. The quantitative estimate of drug-likeness (QED) is 0.236. The van der Waals surface area contributed by atoms with Gasteiger partial charge in [0, 0.05) is 25.1 Å². The number of rotatable bonds is 8. The summed E-state index contributed by atoms with van der Waals surface area (Å²) in [6, 6.07) is 0. The van der Waals surface area contributed by atoms with Crippen molar-refractivity contribution in [2.75, 3.05) is 31.0 Å². The molecule has 7 nitrogen and oxygen atoms in total. The molecule has 122 valence electrons. The topological polar surface area (TPSA) is 73.7 Å². The maximum Gasteiger partial charge on any atom is 0.347 e. The number of aromatic nitrogens is 2. The number of hydrogen-bond acceptors (Lipinski definition) is 7. The second-order valence-corrected chi connectivity index (χ2v) is 4.77. The highest BCUT2D eigenvalue weighted by atomic mass is 32.2. The minimum absolute atomic E-state index is 0.147. The second kappa shape index (κ2) is 9.14. The molecular formula is C14H21N3O4S. The molecule has 0 aliphatic heterocycles. The summed E-state index contributed by atoms with van der Waals surface area (Å²) >= 11 is 1.46. The van der Waals surface area contributed by atoms with Crippen LogP contribution in [0.2, 0.25) is 0 Å². The summed E-state index contributed by atoms with van der Waals surface area (Å²) in [7, 11) is 0. The molecule has 0 fully saturated rings. The first kappa shape index (κ1) is 18.1. The highest BCUT2D eigenvalue weighted by molar-refractivity contribution is 7.98. The maximum atomic E-state index is 12.0. The number of carbonyl (C=O) groups is 2. The Kier molecular flexibility index (Phi) is 7.51. The Bertz CT molecular complexity index is 522. The summed E-state index contributed by atoms with van der Waals surface area (Å²) in [4.78, 5) is 28.2. The van der Waals surface area contributed by atoms with Crippen molar-refractivity contribution in [2.45, 2.75) is 25.9 Å². The van der Waals surface area contributed by atoms with Crippen LogP contribution in [0.5, 0.6) is 0 Å². The summed E-state index contributed by atoms with van der Waals surface area (Å²) in [5.41, 5.74) is -0.147. The SMILES string of the molecule is CCOC(=O)C(=CN(CC)n1ccnc1SC)C(=O)OCC. The third kappa shape index (κ3) is 4.52. The van der Waals surface area contributed by atoms with Crippen molar-refractivity contribution in [2.24, 2.45) is 0 Å². The molecule has 0 aliphatic rings. The number of imidazole rings is 1. The van der Waals surface area contributed by atoms with Gasteiger partial charge in [-0.1, -0.05) is 11.8 Å². The zero-order valence-electron chi connectivity index (χ0n) is 13.2. The highest BCUT2D eigenvalue weighted by Crippen LogP contribution is 2.13. The molecule has 0 unspecified atom stereocenters. The van der Waals surface area contributed by atoms with Crippen LogP contribution in [0.4, 0.5) is 0 Å². The Labute approximate surface area is 134 Å². The zero-order chi connectivity index (χ0) is 16.5. The van der Waals surface area contributed by atoms with Crippen molar-refractivity contribution in [3.63, 3.8) is 0 Å². The Morgan fingerprint density at radius 1 is 1.27 bits per heavy atom. The molecule has 0 N–H and O–H groups in total. The minimum Gasteiger partial charge on any atom is -0.462 e. The van der Waals surface area contributed by atoms with Gasteiger partial charge in [-0.3, -0.25) is 5.01 Å². The molecule has 1 rings (SSSR count). The molecular weight excluding hydrogens is 306 g/mol. The zero-order valence-corrected chi connectivity index (χ0v) is 14.1. The molecule has 0 aliphatic carbocycles. The van der Waals surface area contributed by atoms with E-state index in [9.17, 15) is 9.59 Å². The first-order valence-corrected chi connectivity index (χ1v) is 8.21. The van der Waals surface area contributed by atoms with Crippen LogP contribution in [0, 0.1) is 0 Å². The van der Waals surface area contributed by atoms with Gasteiger partial charge in [0.15, 0.2) is 10.7 Å². The lowest BCUT2D eigenvalue weighted by atomic mass is 10.3. The first-order chi connectivity index (χ1) is 10.6. The van der Waals surface area contributed by atoms with Crippen LogP contribution in [0.25, 0.3) is 0 Å². The van der Waals surface area contributed by atoms with Gasteiger partial charge in [0.05, 0.1) is 13.2 Å². The molecule has 0 atom stereocenters. The molecule has 0 saturated heterocycles. The van der Waals surface area contributed by atoms with Crippen LogP contribution >= 0.6 is 11.8 Å². The lowest BCUT2D eigenvalue weighted by molar-refractivity contribution is -0.146. The Morgan fingerprint density at radius 2 is 1.86 bits per heavy atom. The van der Waals surface area contributed by atoms with Gasteiger partial charge >= 0.3 is 11.9 Å². The Balaban J connectivity index is 3.16. The molecule has 0 saturated carbocycles. The number of nitrogens with zero attached hydrogens (tertiary/aromatic N) is 3. The van der Waals surface area contributed by atoms with Crippen LogP contribution in [-0.2, 0) is 19.1 Å². The van der Waals surface area contributed by atoms with Gasteiger partial charge in [0.1, 0.15) is 0 Å². The van der Waals surface area contributed by atoms with E-state index >= 15 is 0 Å². The van der Waals surface area contributed by atoms with E-state index in [4.69, 9.17) is 9.47 Å². The largest absolute Gasteiger partial charge is 0.462 e. The molecule has 0 amide bonds. The summed E-state index contributed by atoms with van der Waals surface area (Å²) in [6.45, 7) is 6.16. The van der Waals surface area contributed by atoms with E-state index in [1.165, 1.54) is 18.0 Å². The number of esters is 2. The molecule has 0 radical (unpaired) electrons. The van der Waals surface area contributed by atoms with Gasteiger partial charge in [-0.25, -0.2) is 19.2 Å². The summed E-state index contributed by atoms with van der Waals surface area (Å²) in [5, 5.41) is 2.44. The molecule has 1 aromatic heterocycles. The molecule has 0 aromatic carbocycles. The van der Waals surface area contributed by atoms with E-state index in [1.54, 1.807) is 35.9 Å². The maximum absolute atomic E-state index is 12.0. The highest BCUT2D eigenvalue weighted by Gasteiger charge is 2.23. The predicted octanol–water partition coefficient (Wildman–Crippen LogP) is 1.57. The molecule has 22 heavy (non-hydrogen) atoms. The predicted molar refractivity (Wildman–Crippen MR) is 84.1 cm³/mol. The van der Waals surface area contributed by atoms with Crippen LogP contribution in [0.1, 0.15) is 20.8 Å². The minimum atomic E-state index is -0.704. The second-order valence-electron chi connectivity index (χ2n) is 4.00. The van der Waals surface area contributed by atoms with Gasteiger partial charge in [-0.05, 0) is 27.0 Å². The van der Waals surface area contributed by atoms with Crippen molar-refractivity contribution in [3.8, 4) is 0 Å². The van der Waals surface area contributed by atoms with Crippen molar-refractivity contribution >= 4 is 23.7 Å². The first-order valence-electron chi connectivity index (χ1n) is 6.99.